The molecular formula is C21H17N. The standard InChI is InChI=1S/C21H17N/c1-14-4-3-5-17(13-14)21-20-9-7-16-12-15(2)6-8-18(16)19(20)10-11-22-21/h3-13H,1-2H3. The Labute approximate surface area is 130 Å². The van der Waals surface area contributed by atoms with Crippen molar-refractivity contribution in [2.75, 3.05) is 0 Å². The Morgan fingerprint density at radius 3 is 2.36 bits per heavy atom. The lowest BCUT2D eigenvalue weighted by Gasteiger charge is -2.09. The molecule has 0 amide bonds. The highest BCUT2D eigenvalue weighted by molar-refractivity contribution is 6.11. The largest absolute Gasteiger partial charge is 0.256 e. The topological polar surface area (TPSA) is 12.9 Å². The van der Waals surface area contributed by atoms with Crippen LogP contribution < -0.4 is 0 Å². The molecule has 4 rings (SSSR count). The second kappa shape index (κ2) is 4.96. The number of fused-ring (bicyclic) bond motifs is 3. The van der Waals surface area contributed by atoms with Crippen molar-refractivity contribution in [3.63, 3.8) is 0 Å². The summed E-state index contributed by atoms with van der Waals surface area (Å²) < 4.78 is 0. The summed E-state index contributed by atoms with van der Waals surface area (Å²) in [5.74, 6) is 0. The number of nitrogens with zero attached hydrogens (tertiary/aromatic N) is 1. The molecule has 1 aromatic heterocycles. The van der Waals surface area contributed by atoms with E-state index in [9.17, 15) is 0 Å². The highest BCUT2D eigenvalue weighted by atomic mass is 14.7. The molecule has 22 heavy (non-hydrogen) atoms. The molecule has 0 N–H and O–H groups in total. The number of aryl methyl sites for hydroxylation is 2. The van der Waals surface area contributed by atoms with Crippen LogP contribution in [0, 0.1) is 13.8 Å². The normalized spacial score (nSPS) is 11.2. The summed E-state index contributed by atoms with van der Waals surface area (Å²) in [5, 5.41) is 5.06. The van der Waals surface area contributed by atoms with Crippen molar-refractivity contribution in [1.82, 2.24) is 4.98 Å². The summed E-state index contributed by atoms with van der Waals surface area (Å²) in [4.78, 5) is 4.64. The first-order chi connectivity index (χ1) is 10.7. The Morgan fingerprint density at radius 1 is 0.682 bits per heavy atom. The third kappa shape index (κ3) is 2.06. The second-order valence-corrected chi connectivity index (χ2v) is 5.91. The van der Waals surface area contributed by atoms with E-state index in [-0.39, 0.29) is 0 Å². The molecule has 1 nitrogen and oxygen atoms in total. The van der Waals surface area contributed by atoms with Crippen LogP contribution in [0.2, 0.25) is 0 Å². The number of pyridine rings is 1. The molecule has 0 fully saturated rings. The maximum atomic E-state index is 4.64. The van der Waals surface area contributed by atoms with Gasteiger partial charge >= 0.3 is 0 Å². The van der Waals surface area contributed by atoms with Crippen molar-refractivity contribution < 1.29 is 0 Å². The minimum absolute atomic E-state index is 1.06. The van der Waals surface area contributed by atoms with Crippen molar-refractivity contribution in [2.45, 2.75) is 13.8 Å². The Bertz CT molecular complexity index is 999. The molecule has 4 aromatic rings. The van der Waals surface area contributed by atoms with E-state index in [1.165, 1.54) is 38.2 Å². The molecule has 0 atom stereocenters. The maximum absolute atomic E-state index is 4.64. The Balaban J connectivity index is 2.07. The monoisotopic (exact) mass is 283 g/mol. The molecule has 0 aliphatic heterocycles. The van der Waals surface area contributed by atoms with Crippen LogP contribution in [0.25, 0.3) is 32.8 Å². The Hall–Kier alpha value is -2.67. The van der Waals surface area contributed by atoms with Gasteiger partial charge < -0.3 is 0 Å². The zero-order valence-electron chi connectivity index (χ0n) is 12.8. The third-order valence-electron chi connectivity index (χ3n) is 4.21. The molecule has 0 aliphatic carbocycles. The summed E-state index contributed by atoms with van der Waals surface area (Å²) in [7, 11) is 0. The number of benzene rings is 3. The fraction of sp³-hybridized carbons (Fsp3) is 0.0952. The van der Waals surface area contributed by atoms with E-state index in [1.807, 2.05) is 6.20 Å². The van der Waals surface area contributed by atoms with Gasteiger partial charge in [-0.3, -0.25) is 4.98 Å². The highest BCUT2D eigenvalue weighted by Gasteiger charge is 2.08. The van der Waals surface area contributed by atoms with Crippen LogP contribution >= 0.6 is 0 Å². The summed E-state index contributed by atoms with van der Waals surface area (Å²) in [6.07, 6.45) is 1.92. The van der Waals surface area contributed by atoms with E-state index in [0.29, 0.717) is 0 Å². The van der Waals surface area contributed by atoms with Gasteiger partial charge in [0.2, 0.25) is 0 Å². The second-order valence-electron chi connectivity index (χ2n) is 5.91. The van der Waals surface area contributed by atoms with Crippen LogP contribution in [0.5, 0.6) is 0 Å². The van der Waals surface area contributed by atoms with Gasteiger partial charge in [0.15, 0.2) is 0 Å². The molecule has 0 radical (unpaired) electrons. The van der Waals surface area contributed by atoms with Crippen molar-refractivity contribution in [3.05, 3.63) is 78.0 Å². The van der Waals surface area contributed by atoms with E-state index in [0.717, 1.165) is 5.69 Å². The average molecular weight is 283 g/mol. The van der Waals surface area contributed by atoms with Crippen LogP contribution in [0.15, 0.2) is 66.9 Å². The SMILES string of the molecule is Cc1cccc(-c2nccc3c2ccc2cc(C)ccc23)c1. The zero-order valence-corrected chi connectivity index (χ0v) is 12.8. The lowest BCUT2D eigenvalue weighted by Crippen LogP contribution is -1.88. The van der Waals surface area contributed by atoms with Gasteiger partial charge in [-0.05, 0) is 42.1 Å². The van der Waals surface area contributed by atoms with Crippen molar-refractivity contribution >= 4 is 21.5 Å². The fourth-order valence-electron chi connectivity index (χ4n) is 3.14. The van der Waals surface area contributed by atoms with Gasteiger partial charge in [-0.1, -0.05) is 59.7 Å². The molecule has 0 saturated heterocycles. The molecule has 1 heteroatoms. The lowest BCUT2D eigenvalue weighted by molar-refractivity contribution is 1.35. The van der Waals surface area contributed by atoms with Gasteiger partial charge in [0.25, 0.3) is 0 Å². The molecule has 0 saturated carbocycles. The molecule has 0 unspecified atom stereocenters. The third-order valence-corrected chi connectivity index (χ3v) is 4.21. The summed E-state index contributed by atoms with van der Waals surface area (Å²) >= 11 is 0. The minimum Gasteiger partial charge on any atom is -0.256 e. The predicted molar refractivity (Wildman–Crippen MR) is 94.2 cm³/mol. The quantitative estimate of drug-likeness (QED) is 0.410. The van der Waals surface area contributed by atoms with Crippen LogP contribution in [0.1, 0.15) is 11.1 Å². The molecular weight excluding hydrogens is 266 g/mol. The van der Waals surface area contributed by atoms with Crippen molar-refractivity contribution in [1.29, 1.82) is 0 Å². The summed E-state index contributed by atoms with van der Waals surface area (Å²) in [5.41, 5.74) is 4.79. The van der Waals surface area contributed by atoms with Crippen LogP contribution in [-0.4, -0.2) is 4.98 Å². The van der Waals surface area contributed by atoms with Gasteiger partial charge in [0.05, 0.1) is 5.69 Å². The van der Waals surface area contributed by atoms with E-state index in [1.54, 1.807) is 0 Å². The molecule has 1 heterocycles. The summed E-state index contributed by atoms with van der Waals surface area (Å²) in [6, 6.07) is 21.7. The lowest BCUT2D eigenvalue weighted by atomic mass is 9.97. The van der Waals surface area contributed by atoms with Crippen LogP contribution in [0.3, 0.4) is 0 Å². The van der Waals surface area contributed by atoms with Gasteiger partial charge in [-0.2, -0.15) is 0 Å². The van der Waals surface area contributed by atoms with Crippen LogP contribution in [0.4, 0.5) is 0 Å². The predicted octanol–water partition coefficient (Wildman–Crippen LogP) is 5.67. The summed E-state index contributed by atoms with van der Waals surface area (Å²) in [6.45, 7) is 4.25. The first kappa shape index (κ1) is 13.0. The minimum atomic E-state index is 1.06. The van der Waals surface area contributed by atoms with Crippen molar-refractivity contribution in [3.8, 4) is 11.3 Å². The van der Waals surface area contributed by atoms with Gasteiger partial charge in [0.1, 0.15) is 0 Å². The molecule has 0 spiro atoms. The maximum Gasteiger partial charge on any atom is 0.0780 e. The van der Waals surface area contributed by atoms with E-state index < -0.39 is 0 Å². The number of aromatic nitrogens is 1. The smallest absolute Gasteiger partial charge is 0.0780 e. The number of rotatable bonds is 1. The molecule has 0 bridgehead atoms. The van der Waals surface area contributed by atoms with E-state index in [2.05, 4.69) is 79.5 Å². The number of hydrogen-bond donors (Lipinski definition) is 0. The molecule has 3 aromatic carbocycles. The average Bonchev–Trinajstić information content (AvgIpc) is 2.53. The van der Waals surface area contributed by atoms with Gasteiger partial charge in [-0.25, -0.2) is 0 Å². The van der Waals surface area contributed by atoms with Crippen LogP contribution in [-0.2, 0) is 0 Å². The zero-order chi connectivity index (χ0) is 15.1. The van der Waals surface area contributed by atoms with Gasteiger partial charge in [-0.15, -0.1) is 0 Å². The van der Waals surface area contributed by atoms with Gasteiger partial charge in [0, 0.05) is 17.1 Å². The van der Waals surface area contributed by atoms with Crippen molar-refractivity contribution in [2.24, 2.45) is 0 Å². The molecule has 0 aliphatic rings. The Kier molecular flexibility index (Phi) is 2.93. The highest BCUT2D eigenvalue weighted by Crippen LogP contribution is 2.32. The first-order valence-electron chi connectivity index (χ1n) is 7.57. The fourth-order valence-corrected chi connectivity index (χ4v) is 3.14. The first-order valence-corrected chi connectivity index (χ1v) is 7.57. The number of hydrogen-bond acceptors (Lipinski definition) is 1. The molecule has 106 valence electrons. The van der Waals surface area contributed by atoms with E-state index >= 15 is 0 Å². The van der Waals surface area contributed by atoms with E-state index in [4.69, 9.17) is 0 Å². The Morgan fingerprint density at radius 2 is 1.50 bits per heavy atom.